The number of ether oxygens (including phenoxy) is 3. The summed E-state index contributed by atoms with van der Waals surface area (Å²) in [5.41, 5.74) is 6.43. The van der Waals surface area contributed by atoms with E-state index in [1.54, 1.807) is 13.2 Å². The van der Waals surface area contributed by atoms with Crippen molar-refractivity contribution in [3.05, 3.63) is 76.9 Å². The molecule has 0 radical (unpaired) electrons. The highest BCUT2D eigenvalue weighted by Crippen LogP contribution is 2.35. The summed E-state index contributed by atoms with van der Waals surface area (Å²) in [4.78, 5) is 18.9. The topological polar surface area (TPSA) is 96.7 Å². The maximum Gasteiger partial charge on any atom is 0.316 e. The molecule has 5 rings (SSSR count). The average Bonchev–Trinajstić information content (AvgIpc) is 3.41. The van der Waals surface area contributed by atoms with Gasteiger partial charge in [-0.05, 0) is 60.7 Å². The molecule has 2 aliphatic heterocycles. The summed E-state index contributed by atoms with van der Waals surface area (Å²) in [6.07, 6.45) is 1.61. The molecule has 0 aliphatic carbocycles. The first kappa shape index (κ1) is 27.8. The number of benzene rings is 2. The molecule has 1 N–H and O–H groups in total. The fourth-order valence-electron chi connectivity index (χ4n) is 5.40. The zero-order valence-electron chi connectivity index (χ0n) is 23.4. The molecule has 9 nitrogen and oxygen atoms in total. The molecule has 0 saturated carbocycles. The fraction of sp³-hybridized carbons (Fsp3) is 0.387. The van der Waals surface area contributed by atoms with Gasteiger partial charge in [0.25, 0.3) is 0 Å². The van der Waals surface area contributed by atoms with Gasteiger partial charge in [0, 0.05) is 45.1 Å². The second kappa shape index (κ2) is 12.2. The van der Waals surface area contributed by atoms with E-state index in [1.165, 1.54) is 29.5 Å². The maximum atomic E-state index is 11.6. The SMILES string of the molecule is COCC(C)N1CCc2cc(COc3c(C)cccc3-c3cccc(N4N=CC(C(=O)O)C4OC)n3)ccc2C1. The first-order valence-electron chi connectivity index (χ1n) is 13.5. The average molecular weight is 545 g/mol. The van der Waals surface area contributed by atoms with Crippen molar-refractivity contribution in [3.63, 3.8) is 0 Å². The summed E-state index contributed by atoms with van der Waals surface area (Å²) in [5.74, 6) is -0.605. The van der Waals surface area contributed by atoms with E-state index in [0.717, 1.165) is 48.6 Å². The van der Waals surface area contributed by atoms with Crippen molar-refractivity contribution in [1.29, 1.82) is 0 Å². The van der Waals surface area contributed by atoms with Crippen LogP contribution in [0, 0.1) is 12.8 Å². The number of carboxylic acids is 1. The number of hydrogen-bond donors (Lipinski definition) is 1. The van der Waals surface area contributed by atoms with Crippen LogP contribution in [0.5, 0.6) is 5.75 Å². The molecule has 1 aromatic heterocycles. The van der Waals surface area contributed by atoms with Gasteiger partial charge in [-0.15, -0.1) is 0 Å². The van der Waals surface area contributed by atoms with Crippen LogP contribution >= 0.6 is 0 Å². The second-order valence-corrected chi connectivity index (χ2v) is 10.3. The lowest BCUT2D eigenvalue weighted by atomic mass is 9.96. The van der Waals surface area contributed by atoms with E-state index in [2.05, 4.69) is 35.1 Å². The van der Waals surface area contributed by atoms with Crippen molar-refractivity contribution in [2.75, 3.05) is 32.4 Å². The van der Waals surface area contributed by atoms with Gasteiger partial charge in [0.15, 0.2) is 12.0 Å². The highest BCUT2D eigenvalue weighted by atomic mass is 16.5. The Kier molecular flexibility index (Phi) is 8.44. The molecule has 40 heavy (non-hydrogen) atoms. The lowest BCUT2D eigenvalue weighted by Crippen LogP contribution is -2.39. The molecule has 0 saturated heterocycles. The summed E-state index contributed by atoms with van der Waals surface area (Å²) in [5, 5.41) is 15.3. The molecule has 0 bridgehead atoms. The number of pyridine rings is 1. The fourth-order valence-corrected chi connectivity index (χ4v) is 5.40. The zero-order chi connectivity index (χ0) is 28.2. The van der Waals surface area contributed by atoms with Crippen LogP contribution < -0.4 is 9.75 Å². The highest BCUT2D eigenvalue weighted by molar-refractivity contribution is 5.92. The molecule has 3 heterocycles. The van der Waals surface area contributed by atoms with E-state index < -0.39 is 18.1 Å². The molecular formula is C31H36N4O5. The van der Waals surface area contributed by atoms with Crippen LogP contribution in [0.4, 0.5) is 5.82 Å². The van der Waals surface area contributed by atoms with Gasteiger partial charge < -0.3 is 19.3 Å². The largest absolute Gasteiger partial charge is 0.488 e. The van der Waals surface area contributed by atoms with Gasteiger partial charge in [0.2, 0.25) is 0 Å². The van der Waals surface area contributed by atoms with Gasteiger partial charge in [-0.1, -0.05) is 36.4 Å². The van der Waals surface area contributed by atoms with E-state index in [-0.39, 0.29) is 0 Å². The summed E-state index contributed by atoms with van der Waals surface area (Å²) >= 11 is 0. The number of hydrogen-bond acceptors (Lipinski definition) is 8. The van der Waals surface area contributed by atoms with Gasteiger partial charge in [-0.25, -0.2) is 9.99 Å². The molecule has 9 heteroatoms. The van der Waals surface area contributed by atoms with E-state index >= 15 is 0 Å². The highest BCUT2D eigenvalue weighted by Gasteiger charge is 2.37. The number of aryl methyl sites for hydroxylation is 1. The molecule has 2 aromatic carbocycles. The first-order chi connectivity index (χ1) is 19.4. The first-order valence-corrected chi connectivity index (χ1v) is 13.5. The number of aromatic nitrogens is 1. The Balaban J connectivity index is 1.34. The number of fused-ring (bicyclic) bond motifs is 1. The van der Waals surface area contributed by atoms with Crippen LogP contribution in [0.15, 0.2) is 59.7 Å². The molecule has 0 amide bonds. The molecular weight excluding hydrogens is 508 g/mol. The predicted molar refractivity (Wildman–Crippen MR) is 154 cm³/mol. The molecule has 2 aliphatic rings. The molecule has 210 valence electrons. The molecule has 3 unspecified atom stereocenters. The number of hydrazone groups is 1. The van der Waals surface area contributed by atoms with Crippen molar-refractivity contribution in [2.45, 2.75) is 45.7 Å². The molecule has 3 aromatic rings. The van der Waals surface area contributed by atoms with E-state index in [4.69, 9.17) is 19.2 Å². The number of rotatable bonds is 10. The lowest BCUT2D eigenvalue weighted by molar-refractivity contribution is -0.142. The predicted octanol–water partition coefficient (Wildman–Crippen LogP) is 4.51. The van der Waals surface area contributed by atoms with Crippen LogP contribution in [-0.4, -0.2) is 66.8 Å². The standard InChI is InChI=1S/C31H36N4O5/c1-20-7-5-8-25(27-9-6-10-28(33-27)35-30(39-4)26(16-32-35)31(36)37)29(20)40-19-22-11-12-24-17-34(21(2)18-38-3)14-13-23(24)15-22/h5-12,15-16,21,26,30H,13-14,17-19H2,1-4H3,(H,36,37). The number of carbonyl (C=O) groups is 1. The van der Waals surface area contributed by atoms with Gasteiger partial charge in [0.1, 0.15) is 18.3 Å². The van der Waals surface area contributed by atoms with E-state index in [1.807, 2.05) is 37.3 Å². The lowest BCUT2D eigenvalue weighted by Gasteiger charge is -2.33. The van der Waals surface area contributed by atoms with Gasteiger partial charge in [0.05, 0.1) is 12.3 Å². The minimum absolute atomic E-state index is 0.393. The second-order valence-electron chi connectivity index (χ2n) is 10.3. The van der Waals surface area contributed by atoms with Gasteiger partial charge in [-0.2, -0.15) is 5.10 Å². The monoisotopic (exact) mass is 544 g/mol. The van der Waals surface area contributed by atoms with E-state index in [0.29, 0.717) is 24.2 Å². The van der Waals surface area contributed by atoms with Crippen molar-refractivity contribution in [1.82, 2.24) is 9.88 Å². The quantitative estimate of drug-likeness (QED) is 0.398. The van der Waals surface area contributed by atoms with Crippen LogP contribution in [-0.2, 0) is 33.8 Å². The smallest absolute Gasteiger partial charge is 0.316 e. The van der Waals surface area contributed by atoms with Crippen LogP contribution in [0.25, 0.3) is 11.3 Å². The third-order valence-corrected chi connectivity index (χ3v) is 7.61. The third-order valence-electron chi connectivity index (χ3n) is 7.61. The normalized spacial score (nSPS) is 19.4. The Bertz CT molecular complexity index is 1390. The number of carboxylic acid groups (broad SMARTS) is 1. The Hall–Kier alpha value is -3.79. The van der Waals surface area contributed by atoms with Gasteiger partial charge in [-0.3, -0.25) is 9.69 Å². The summed E-state index contributed by atoms with van der Waals surface area (Å²) < 4.78 is 17.2. The van der Waals surface area contributed by atoms with Crippen molar-refractivity contribution in [2.24, 2.45) is 11.0 Å². The number of para-hydroxylation sites is 1. The number of nitrogens with zero attached hydrogens (tertiary/aromatic N) is 4. The third kappa shape index (κ3) is 5.72. The summed E-state index contributed by atoms with van der Waals surface area (Å²) in [6, 6.07) is 18.6. The van der Waals surface area contributed by atoms with Crippen molar-refractivity contribution >= 4 is 18.0 Å². The summed E-state index contributed by atoms with van der Waals surface area (Å²) in [6.45, 7) is 7.36. The van der Waals surface area contributed by atoms with E-state index in [9.17, 15) is 9.90 Å². The number of aliphatic carboxylic acids is 1. The zero-order valence-corrected chi connectivity index (χ0v) is 23.4. The minimum Gasteiger partial charge on any atom is -0.488 e. The maximum absolute atomic E-state index is 11.6. The van der Waals surface area contributed by atoms with Crippen LogP contribution in [0.1, 0.15) is 29.2 Å². The van der Waals surface area contributed by atoms with Crippen molar-refractivity contribution < 1.29 is 24.1 Å². The Labute approximate surface area is 235 Å². The number of methoxy groups -OCH3 is 2. The Morgan fingerprint density at radius 1 is 1.12 bits per heavy atom. The Morgan fingerprint density at radius 3 is 2.73 bits per heavy atom. The van der Waals surface area contributed by atoms with Crippen LogP contribution in [0.2, 0.25) is 0 Å². The minimum atomic E-state index is -0.996. The molecule has 0 fully saturated rings. The molecule has 3 atom stereocenters. The van der Waals surface area contributed by atoms with Crippen LogP contribution in [0.3, 0.4) is 0 Å². The number of anilines is 1. The molecule has 0 spiro atoms. The van der Waals surface area contributed by atoms with Crippen molar-refractivity contribution in [3.8, 4) is 17.0 Å². The van der Waals surface area contributed by atoms with Gasteiger partial charge >= 0.3 is 5.97 Å². The Morgan fingerprint density at radius 2 is 1.95 bits per heavy atom. The summed E-state index contributed by atoms with van der Waals surface area (Å²) in [7, 11) is 3.22.